The third-order valence-electron chi connectivity index (χ3n) is 10.0. The Balaban J connectivity index is 4.41. The van der Waals surface area contributed by atoms with E-state index in [1.807, 2.05) is 0 Å². The van der Waals surface area contributed by atoms with Crippen molar-refractivity contribution in [2.45, 2.75) is 244 Å². The molecule has 0 aliphatic rings. The Hall–Kier alpha value is -2.16. The molecule has 0 aliphatic heterocycles. The Kier molecular flexibility index (Phi) is 35.6. The van der Waals surface area contributed by atoms with Crippen molar-refractivity contribution in [3.8, 4) is 0 Å². The summed E-state index contributed by atoms with van der Waals surface area (Å²) in [5.74, 6) is -2.11. The standard InChI is InChI=1S/C43H82N2O7/c1-4-6-8-10-12-14-16-18-20-22-24-26-28-32-38(36-40(48)44-35-31-30-33-39(47)45-42(37(3)46)43(50)51)52-41(49)34-29-27-25-23-21-19-17-15-13-11-9-7-5-2/h37-38,42,46H,4-36H2,1-3H3,(H,44,48)(H,45,47)(H,50,51)/t37?,38?,42-/m0/s1. The van der Waals surface area contributed by atoms with Crippen LogP contribution in [0, 0.1) is 0 Å². The molecule has 306 valence electrons. The van der Waals surface area contributed by atoms with E-state index in [0.717, 1.165) is 32.1 Å². The van der Waals surface area contributed by atoms with Gasteiger partial charge >= 0.3 is 11.9 Å². The molecule has 52 heavy (non-hydrogen) atoms. The first-order chi connectivity index (χ1) is 25.2. The van der Waals surface area contributed by atoms with Crippen molar-refractivity contribution in [3.05, 3.63) is 0 Å². The second-order valence-electron chi connectivity index (χ2n) is 15.3. The minimum absolute atomic E-state index is 0.102. The normalized spacial score (nSPS) is 13.0. The van der Waals surface area contributed by atoms with Crippen LogP contribution in [0.5, 0.6) is 0 Å². The summed E-state index contributed by atoms with van der Waals surface area (Å²) in [6.45, 7) is 6.21. The van der Waals surface area contributed by atoms with Crippen molar-refractivity contribution in [1.29, 1.82) is 0 Å². The van der Waals surface area contributed by atoms with E-state index in [1.165, 1.54) is 142 Å². The lowest BCUT2D eigenvalue weighted by atomic mass is 10.0. The van der Waals surface area contributed by atoms with E-state index in [0.29, 0.717) is 32.2 Å². The summed E-state index contributed by atoms with van der Waals surface area (Å²) in [4.78, 5) is 48.8. The van der Waals surface area contributed by atoms with Gasteiger partial charge in [-0.05, 0) is 39.0 Å². The maximum atomic E-state index is 12.8. The molecule has 0 rings (SSSR count). The third kappa shape index (κ3) is 33.7. The maximum absolute atomic E-state index is 12.8. The van der Waals surface area contributed by atoms with Crippen LogP contribution in [0.2, 0.25) is 0 Å². The van der Waals surface area contributed by atoms with Crippen LogP contribution in [0.15, 0.2) is 0 Å². The lowest BCUT2D eigenvalue weighted by Crippen LogP contribution is -2.47. The molecule has 0 heterocycles. The van der Waals surface area contributed by atoms with Crippen LogP contribution in [0.3, 0.4) is 0 Å². The summed E-state index contributed by atoms with van der Waals surface area (Å²) in [5.41, 5.74) is 0. The number of nitrogens with one attached hydrogen (secondary N) is 2. The molecular formula is C43H82N2O7. The maximum Gasteiger partial charge on any atom is 0.328 e. The quantitative estimate of drug-likeness (QED) is 0.0363. The van der Waals surface area contributed by atoms with Gasteiger partial charge in [-0.2, -0.15) is 0 Å². The number of amides is 2. The number of aliphatic hydroxyl groups is 1. The Morgan fingerprint density at radius 2 is 0.942 bits per heavy atom. The van der Waals surface area contributed by atoms with Gasteiger partial charge < -0.3 is 25.6 Å². The first-order valence-corrected chi connectivity index (χ1v) is 21.9. The monoisotopic (exact) mass is 739 g/mol. The molecule has 0 aromatic carbocycles. The summed E-state index contributed by atoms with van der Waals surface area (Å²) >= 11 is 0. The highest BCUT2D eigenvalue weighted by atomic mass is 16.5. The zero-order valence-electron chi connectivity index (χ0n) is 34.0. The zero-order chi connectivity index (χ0) is 38.5. The molecule has 9 nitrogen and oxygen atoms in total. The molecule has 0 spiro atoms. The molecular weight excluding hydrogens is 656 g/mol. The number of carbonyl (C=O) groups is 4. The summed E-state index contributed by atoms with van der Waals surface area (Å²) in [5, 5.41) is 23.9. The van der Waals surface area contributed by atoms with Crippen LogP contribution in [-0.2, 0) is 23.9 Å². The number of carboxylic acids is 1. The fourth-order valence-electron chi connectivity index (χ4n) is 6.68. The number of aliphatic hydroxyl groups excluding tert-OH is 1. The topological polar surface area (TPSA) is 142 Å². The molecule has 0 aliphatic carbocycles. The number of unbranched alkanes of at least 4 members (excludes halogenated alkanes) is 25. The van der Waals surface area contributed by atoms with Gasteiger partial charge in [-0.25, -0.2) is 4.79 Å². The van der Waals surface area contributed by atoms with Gasteiger partial charge in [-0.15, -0.1) is 0 Å². The van der Waals surface area contributed by atoms with Crippen LogP contribution in [-0.4, -0.2) is 58.8 Å². The second-order valence-corrected chi connectivity index (χ2v) is 15.3. The second kappa shape index (κ2) is 37.2. The fourth-order valence-corrected chi connectivity index (χ4v) is 6.68. The highest BCUT2D eigenvalue weighted by Crippen LogP contribution is 2.17. The Labute approximate surface area is 319 Å². The molecule has 4 N–H and O–H groups in total. The first kappa shape index (κ1) is 49.8. The van der Waals surface area contributed by atoms with E-state index < -0.39 is 30.1 Å². The van der Waals surface area contributed by atoms with Gasteiger partial charge in [0.1, 0.15) is 6.10 Å². The van der Waals surface area contributed by atoms with Gasteiger partial charge in [0, 0.05) is 19.4 Å². The molecule has 0 saturated heterocycles. The number of hydrogen-bond acceptors (Lipinski definition) is 6. The summed E-state index contributed by atoms with van der Waals surface area (Å²) in [7, 11) is 0. The molecule has 3 atom stereocenters. The van der Waals surface area contributed by atoms with Gasteiger partial charge in [0.15, 0.2) is 6.04 Å². The van der Waals surface area contributed by atoms with E-state index in [1.54, 1.807) is 0 Å². The van der Waals surface area contributed by atoms with E-state index in [9.17, 15) is 24.3 Å². The molecule has 9 heteroatoms. The zero-order valence-corrected chi connectivity index (χ0v) is 34.0. The predicted molar refractivity (Wildman–Crippen MR) is 213 cm³/mol. The number of hydrogen-bond donors (Lipinski definition) is 4. The minimum Gasteiger partial charge on any atom is -0.480 e. The summed E-state index contributed by atoms with van der Waals surface area (Å²) < 4.78 is 5.85. The Bertz CT molecular complexity index is 866. The molecule has 0 radical (unpaired) electrons. The number of carbonyl (C=O) groups excluding carboxylic acids is 3. The summed E-state index contributed by atoms with van der Waals surface area (Å²) in [6.07, 6.45) is 33.4. The Morgan fingerprint density at radius 3 is 1.37 bits per heavy atom. The number of ether oxygens (including phenoxy) is 1. The SMILES string of the molecule is CCCCCCCCCCCCCCCC(=O)OC(CCCCCCCCCCCCCCC)CC(=O)NCCCCC(=O)N[C@H](C(=O)O)C(C)O. The van der Waals surface area contributed by atoms with Gasteiger partial charge in [0.25, 0.3) is 0 Å². The molecule has 0 aromatic heterocycles. The Morgan fingerprint density at radius 1 is 0.538 bits per heavy atom. The number of carboxylic acid groups (broad SMARTS) is 1. The number of esters is 1. The predicted octanol–water partition coefficient (Wildman–Crippen LogP) is 10.5. The molecule has 0 aromatic rings. The number of aliphatic carboxylic acids is 1. The summed E-state index contributed by atoms with van der Waals surface area (Å²) in [6, 6.07) is -1.34. The highest BCUT2D eigenvalue weighted by Gasteiger charge is 2.24. The highest BCUT2D eigenvalue weighted by molar-refractivity contribution is 5.83. The van der Waals surface area contributed by atoms with Crippen LogP contribution in [0.1, 0.15) is 226 Å². The molecule has 0 bridgehead atoms. The molecule has 2 amide bonds. The lowest BCUT2D eigenvalue weighted by Gasteiger charge is -2.18. The van der Waals surface area contributed by atoms with E-state index in [2.05, 4.69) is 24.5 Å². The average Bonchev–Trinajstić information content (AvgIpc) is 3.10. The minimum atomic E-state index is -1.34. The van der Waals surface area contributed by atoms with Crippen LogP contribution in [0.4, 0.5) is 0 Å². The number of rotatable bonds is 39. The van der Waals surface area contributed by atoms with E-state index in [4.69, 9.17) is 9.84 Å². The van der Waals surface area contributed by atoms with Crippen molar-refractivity contribution in [2.75, 3.05) is 6.54 Å². The van der Waals surface area contributed by atoms with Gasteiger partial charge in [-0.3, -0.25) is 14.4 Å². The van der Waals surface area contributed by atoms with E-state index >= 15 is 0 Å². The van der Waals surface area contributed by atoms with Crippen molar-refractivity contribution in [3.63, 3.8) is 0 Å². The van der Waals surface area contributed by atoms with Crippen LogP contribution < -0.4 is 10.6 Å². The fraction of sp³-hybridized carbons (Fsp3) is 0.907. The smallest absolute Gasteiger partial charge is 0.328 e. The lowest BCUT2D eigenvalue weighted by molar-refractivity contribution is -0.151. The molecule has 0 fully saturated rings. The molecule has 2 unspecified atom stereocenters. The van der Waals surface area contributed by atoms with Gasteiger partial charge in [-0.1, -0.05) is 168 Å². The van der Waals surface area contributed by atoms with Gasteiger partial charge in [0.05, 0.1) is 12.5 Å². The third-order valence-corrected chi connectivity index (χ3v) is 10.0. The average molecular weight is 739 g/mol. The molecule has 0 saturated carbocycles. The van der Waals surface area contributed by atoms with Crippen molar-refractivity contribution >= 4 is 23.8 Å². The van der Waals surface area contributed by atoms with Crippen LogP contribution in [0.25, 0.3) is 0 Å². The van der Waals surface area contributed by atoms with E-state index in [-0.39, 0.29) is 24.7 Å². The van der Waals surface area contributed by atoms with Crippen molar-refractivity contribution < 1.29 is 34.1 Å². The first-order valence-electron chi connectivity index (χ1n) is 21.9. The van der Waals surface area contributed by atoms with Crippen molar-refractivity contribution in [2.24, 2.45) is 0 Å². The van der Waals surface area contributed by atoms with Crippen molar-refractivity contribution in [1.82, 2.24) is 10.6 Å². The van der Waals surface area contributed by atoms with Gasteiger partial charge in [0.2, 0.25) is 11.8 Å². The van der Waals surface area contributed by atoms with Crippen LogP contribution >= 0.6 is 0 Å². The largest absolute Gasteiger partial charge is 0.480 e.